The number of carbonyl (C=O) groups excluding carboxylic acids is 2. The van der Waals surface area contributed by atoms with Crippen molar-refractivity contribution in [3.8, 4) is 5.75 Å². The summed E-state index contributed by atoms with van der Waals surface area (Å²) in [6.45, 7) is 2.21. The molecule has 1 saturated carbocycles. The van der Waals surface area contributed by atoms with Crippen molar-refractivity contribution in [3.63, 3.8) is 0 Å². The van der Waals surface area contributed by atoms with Crippen LogP contribution in [0.2, 0.25) is 0 Å². The van der Waals surface area contributed by atoms with Gasteiger partial charge in [0.15, 0.2) is 0 Å². The Morgan fingerprint density at radius 3 is 2.62 bits per heavy atom. The lowest BCUT2D eigenvalue weighted by molar-refractivity contribution is -0.141. The average molecular weight is 334 g/mol. The molecule has 1 aliphatic carbocycles. The van der Waals surface area contributed by atoms with Crippen molar-refractivity contribution in [1.29, 1.82) is 0 Å². The van der Waals surface area contributed by atoms with E-state index in [1.807, 2.05) is 6.92 Å². The van der Waals surface area contributed by atoms with E-state index in [0.717, 1.165) is 25.7 Å². The van der Waals surface area contributed by atoms with Crippen molar-refractivity contribution in [3.05, 3.63) is 24.3 Å². The molecule has 24 heavy (non-hydrogen) atoms. The Labute approximate surface area is 142 Å². The number of carbonyl (C=O) groups is 2. The summed E-state index contributed by atoms with van der Waals surface area (Å²) < 4.78 is 10.0. The van der Waals surface area contributed by atoms with Crippen LogP contribution in [0.4, 0.5) is 5.69 Å². The van der Waals surface area contributed by atoms with Gasteiger partial charge in [-0.25, -0.2) is 0 Å². The highest BCUT2D eigenvalue weighted by molar-refractivity contribution is 5.93. The van der Waals surface area contributed by atoms with E-state index in [1.54, 1.807) is 24.3 Å². The van der Waals surface area contributed by atoms with Gasteiger partial charge in [0, 0.05) is 11.2 Å². The van der Waals surface area contributed by atoms with Gasteiger partial charge in [-0.05, 0) is 44.0 Å². The predicted molar refractivity (Wildman–Crippen MR) is 91.8 cm³/mol. The molecule has 6 nitrogen and oxygen atoms in total. The normalized spacial score (nSPS) is 23.4. The fraction of sp³-hybridized carbons (Fsp3) is 0.556. The zero-order valence-electron chi connectivity index (χ0n) is 14.3. The van der Waals surface area contributed by atoms with E-state index < -0.39 is 5.54 Å². The number of hydrogen-bond acceptors (Lipinski definition) is 5. The van der Waals surface area contributed by atoms with Gasteiger partial charge in [0.25, 0.3) is 0 Å². The monoisotopic (exact) mass is 334 g/mol. The molecule has 6 heteroatoms. The number of amides is 1. The summed E-state index contributed by atoms with van der Waals surface area (Å²) in [6, 6.07) is 7.08. The van der Waals surface area contributed by atoms with Crippen LogP contribution in [0.5, 0.6) is 5.75 Å². The summed E-state index contributed by atoms with van der Waals surface area (Å²) in [6.07, 6.45) is 4.02. The number of nitrogens with two attached hydrogens (primary N) is 1. The Morgan fingerprint density at radius 2 is 2.00 bits per heavy atom. The summed E-state index contributed by atoms with van der Waals surface area (Å²) in [4.78, 5) is 23.5. The van der Waals surface area contributed by atoms with Crippen molar-refractivity contribution in [2.24, 2.45) is 11.7 Å². The summed E-state index contributed by atoms with van der Waals surface area (Å²) >= 11 is 0. The van der Waals surface area contributed by atoms with E-state index in [9.17, 15) is 9.59 Å². The Bertz CT molecular complexity index is 569. The maximum absolute atomic E-state index is 12.5. The molecule has 1 aliphatic rings. The second kappa shape index (κ2) is 8.15. The quantitative estimate of drug-likeness (QED) is 0.780. The summed E-state index contributed by atoms with van der Waals surface area (Å²) in [5.41, 5.74) is 6.54. The molecule has 0 spiro atoms. The van der Waals surface area contributed by atoms with Crippen molar-refractivity contribution in [2.75, 3.05) is 19.0 Å². The number of ether oxygens (including phenoxy) is 2. The molecule has 1 aromatic carbocycles. The van der Waals surface area contributed by atoms with E-state index in [1.165, 1.54) is 7.11 Å². The third-order valence-electron chi connectivity index (χ3n) is 4.50. The molecule has 1 fully saturated rings. The van der Waals surface area contributed by atoms with Gasteiger partial charge in [-0.1, -0.05) is 12.8 Å². The number of rotatable bonds is 6. The lowest BCUT2D eigenvalue weighted by Crippen LogP contribution is -2.51. The van der Waals surface area contributed by atoms with Crippen molar-refractivity contribution < 1.29 is 19.1 Å². The summed E-state index contributed by atoms with van der Waals surface area (Å²) in [5.74, 6) is 0.135. The van der Waals surface area contributed by atoms with E-state index in [-0.39, 0.29) is 30.8 Å². The first-order valence-corrected chi connectivity index (χ1v) is 8.32. The molecule has 2 rings (SSSR count). The van der Waals surface area contributed by atoms with Gasteiger partial charge in [0.1, 0.15) is 5.75 Å². The summed E-state index contributed by atoms with van der Waals surface area (Å²) in [7, 11) is 1.35. The lowest BCUT2D eigenvalue weighted by atomic mass is 9.74. The van der Waals surface area contributed by atoms with Crippen LogP contribution in [0.25, 0.3) is 0 Å². The highest BCUT2D eigenvalue weighted by Crippen LogP contribution is 2.32. The van der Waals surface area contributed by atoms with Crippen LogP contribution in [0.1, 0.15) is 39.0 Å². The van der Waals surface area contributed by atoms with E-state index in [2.05, 4.69) is 10.1 Å². The van der Waals surface area contributed by atoms with Gasteiger partial charge in [-0.15, -0.1) is 0 Å². The minimum Gasteiger partial charge on any atom is -0.493 e. The molecule has 0 radical (unpaired) electrons. The SMILES string of the molecule is COC(=O)CCOc1ccc(NC(=O)C2CCCCC2(C)N)cc1. The van der Waals surface area contributed by atoms with E-state index in [4.69, 9.17) is 10.5 Å². The van der Waals surface area contributed by atoms with Crippen LogP contribution >= 0.6 is 0 Å². The second-order valence-corrected chi connectivity index (χ2v) is 6.49. The maximum Gasteiger partial charge on any atom is 0.308 e. The minimum absolute atomic E-state index is 0.0286. The van der Waals surface area contributed by atoms with Crippen LogP contribution in [0.15, 0.2) is 24.3 Å². The number of methoxy groups -OCH3 is 1. The van der Waals surface area contributed by atoms with Gasteiger partial charge in [-0.2, -0.15) is 0 Å². The maximum atomic E-state index is 12.5. The fourth-order valence-electron chi connectivity index (χ4n) is 3.01. The number of nitrogens with one attached hydrogen (secondary N) is 1. The largest absolute Gasteiger partial charge is 0.493 e. The van der Waals surface area contributed by atoms with Crippen LogP contribution in [-0.2, 0) is 14.3 Å². The van der Waals surface area contributed by atoms with Gasteiger partial charge >= 0.3 is 5.97 Å². The molecule has 0 saturated heterocycles. The van der Waals surface area contributed by atoms with Crippen molar-refractivity contribution in [2.45, 2.75) is 44.6 Å². The Kier molecular flexibility index (Phi) is 6.20. The first-order valence-electron chi connectivity index (χ1n) is 8.32. The van der Waals surface area contributed by atoms with Gasteiger partial charge in [0.2, 0.25) is 5.91 Å². The molecule has 2 atom stereocenters. The smallest absolute Gasteiger partial charge is 0.308 e. The van der Waals surface area contributed by atoms with Gasteiger partial charge in [0.05, 0.1) is 26.1 Å². The predicted octanol–water partition coefficient (Wildman–Crippen LogP) is 2.47. The Hall–Kier alpha value is -2.08. The zero-order chi connectivity index (χ0) is 17.6. The number of benzene rings is 1. The van der Waals surface area contributed by atoms with Crippen LogP contribution in [0.3, 0.4) is 0 Å². The molecule has 0 heterocycles. The first-order chi connectivity index (χ1) is 11.4. The van der Waals surface area contributed by atoms with Gasteiger partial charge < -0.3 is 20.5 Å². The summed E-state index contributed by atoms with van der Waals surface area (Å²) in [5, 5.41) is 2.93. The third kappa shape index (κ3) is 4.96. The third-order valence-corrected chi connectivity index (χ3v) is 4.50. The number of hydrogen-bond donors (Lipinski definition) is 2. The highest BCUT2D eigenvalue weighted by atomic mass is 16.5. The fourth-order valence-corrected chi connectivity index (χ4v) is 3.01. The van der Waals surface area contributed by atoms with Crippen LogP contribution in [-0.4, -0.2) is 31.1 Å². The second-order valence-electron chi connectivity index (χ2n) is 6.49. The molecule has 0 aromatic heterocycles. The molecule has 2 unspecified atom stereocenters. The molecule has 1 aromatic rings. The molecular weight excluding hydrogens is 308 g/mol. The van der Waals surface area contributed by atoms with E-state index >= 15 is 0 Å². The molecular formula is C18H26N2O4. The van der Waals surface area contributed by atoms with E-state index in [0.29, 0.717) is 11.4 Å². The molecule has 132 valence electrons. The first kappa shape index (κ1) is 18.3. The van der Waals surface area contributed by atoms with Gasteiger partial charge in [-0.3, -0.25) is 9.59 Å². The number of anilines is 1. The van der Waals surface area contributed by atoms with Crippen molar-refractivity contribution in [1.82, 2.24) is 0 Å². The lowest BCUT2D eigenvalue weighted by Gasteiger charge is -2.37. The Morgan fingerprint density at radius 1 is 1.29 bits per heavy atom. The minimum atomic E-state index is -0.445. The topological polar surface area (TPSA) is 90.6 Å². The molecule has 3 N–H and O–H groups in total. The van der Waals surface area contributed by atoms with Crippen LogP contribution < -0.4 is 15.8 Å². The molecule has 0 bridgehead atoms. The molecule has 0 aliphatic heterocycles. The number of esters is 1. The highest BCUT2D eigenvalue weighted by Gasteiger charge is 2.37. The Balaban J connectivity index is 1.87. The van der Waals surface area contributed by atoms with Crippen LogP contribution in [0, 0.1) is 5.92 Å². The zero-order valence-corrected chi connectivity index (χ0v) is 14.3. The average Bonchev–Trinajstić information content (AvgIpc) is 2.55. The van der Waals surface area contributed by atoms with Crippen molar-refractivity contribution >= 4 is 17.6 Å². The standard InChI is InChI=1S/C18H26N2O4/c1-18(19)11-4-3-5-15(18)17(22)20-13-6-8-14(9-7-13)24-12-10-16(21)23-2/h6-9,15H,3-5,10-12,19H2,1-2H3,(H,20,22). The molecule has 1 amide bonds.